The van der Waals surface area contributed by atoms with Crippen molar-refractivity contribution in [3.05, 3.63) is 35.9 Å². The molecule has 0 bridgehead atoms. The van der Waals surface area contributed by atoms with E-state index in [1.807, 2.05) is 6.07 Å². The number of ether oxygens (including phenoxy) is 3. The molecule has 1 unspecified atom stereocenters. The highest BCUT2D eigenvalue weighted by Gasteiger charge is 2.51. The molecule has 3 heteroatoms. The van der Waals surface area contributed by atoms with E-state index in [1.54, 1.807) is 0 Å². The largest absolute Gasteiger partial charge is 0.377 e. The van der Waals surface area contributed by atoms with Crippen LogP contribution in [0.15, 0.2) is 30.3 Å². The van der Waals surface area contributed by atoms with Gasteiger partial charge in [0, 0.05) is 18.9 Å². The lowest BCUT2D eigenvalue weighted by Crippen LogP contribution is -2.58. The Kier molecular flexibility index (Phi) is 6.09. The first kappa shape index (κ1) is 16.9. The number of rotatable bonds is 8. The van der Waals surface area contributed by atoms with Crippen LogP contribution in [0.2, 0.25) is 0 Å². The molecular formula is C20H30O3. The van der Waals surface area contributed by atoms with Gasteiger partial charge in [0.2, 0.25) is 0 Å². The topological polar surface area (TPSA) is 27.7 Å². The lowest BCUT2D eigenvalue weighted by Gasteiger charge is -2.53. The van der Waals surface area contributed by atoms with Crippen LogP contribution in [0, 0.1) is 5.92 Å². The van der Waals surface area contributed by atoms with Gasteiger partial charge in [0.25, 0.3) is 0 Å². The monoisotopic (exact) mass is 318 g/mol. The maximum Gasteiger partial charge on any atom is 0.177 e. The lowest BCUT2D eigenvalue weighted by atomic mass is 9.83. The minimum Gasteiger partial charge on any atom is -0.377 e. The summed E-state index contributed by atoms with van der Waals surface area (Å²) in [5, 5.41) is 0. The van der Waals surface area contributed by atoms with Crippen molar-refractivity contribution in [1.82, 2.24) is 0 Å². The second kappa shape index (κ2) is 8.27. The van der Waals surface area contributed by atoms with Crippen LogP contribution >= 0.6 is 0 Å². The molecule has 1 aliphatic heterocycles. The van der Waals surface area contributed by atoms with Gasteiger partial charge in [0.1, 0.15) is 0 Å². The van der Waals surface area contributed by atoms with Crippen LogP contribution in [0.1, 0.15) is 63.9 Å². The van der Waals surface area contributed by atoms with Gasteiger partial charge in [-0.05, 0) is 37.7 Å². The van der Waals surface area contributed by atoms with Crippen molar-refractivity contribution in [3.8, 4) is 0 Å². The highest BCUT2D eigenvalue weighted by atomic mass is 16.9. The van der Waals surface area contributed by atoms with Crippen LogP contribution in [0.5, 0.6) is 0 Å². The Morgan fingerprint density at radius 1 is 1.09 bits per heavy atom. The third-order valence-corrected chi connectivity index (χ3v) is 5.17. The molecule has 3 nitrogen and oxygen atoms in total. The van der Waals surface area contributed by atoms with Crippen molar-refractivity contribution in [3.63, 3.8) is 0 Å². The van der Waals surface area contributed by atoms with Crippen molar-refractivity contribution in [2.45, 2.75) is 77.0 Å². The third kappa shape index (κ3) is 4.56. The zero-order chi connectivity index (χ0) is 16.0. The summed E-state index contributed by atoms with van der Waals surface area (Å²) in [7, 11) is 0. The van der Waals surface area contributed by atoms with E-state index in [9.17, 15) is 0 Å². The van der Waals surface area contributed by atoms with Crippen LogP contribution in [0.4, 0.5) is 0 Å². The average Bonchev–Trinajstić information content (AvgIpc) is 2.55. The molecule has 128 valence electrons. The quantitative estimate of drug-likeness (QED) is 0.628. The van der Waals surface area contributed by atoms with Crippen LogP contribution in [-0.4, -0.2) is 18.7 Å². The highest BCUT2D eigenvalue weighted by Crippen LogP contribution is 2.46. The summed E-state index contributed by atoms with van der Waals surface area (Å²) < 4.78 is 17.9. The van der Waals surface area contributed by atoms with Gasteiger partial charge < -0.3 is 14.2 Å². The van der Waals surface area contributed by atoms with Gasteiger partial charge in [-0.15, -0.1) is 0 Å². The molecule has 1 aromatic rings. The third-order valence-electron chi connectivity index (χ3n) is 5.17. The number of unbranched alkanes of at least 4 members (excludes halogenated alkanes) is 2. The second-order valence-corrected chi connectivity index (χ2v) is 7.01. The molecule has 2 aliphatic rings. The molecule has 0 aromatic heterocycles. The van der Waals surface area contributed by atoms with E-state index in [0.717, 1.165) is 38.9 Å². The summed E-state index contributed by atoms with van der Waals surface area (Å²) in [5.74, 6) is 0.334. The van der Waals surface area contributed by atoms with Crippen LogP contribution in [-0.2, 0) is 20.8 Å². The maximum absolute atomic E-state index is 6.11. The summed E-state index contributed by atoms with van der Waals surface area (Å²) in [6, 6.07) is 10.3. The zero-order valence-corrected chi connectivity index (χ0v) is 14.3. The SMILES string of the molecule is CC1CCCCC12OC(CCCCCOCc1ccccc1)O2. The van der Waals surface area contributed by atoms with E-state index in [-0.39, 0.29) is 12.1 Å². The molecule has 1 atom stereocenters. The molecule has 1 saturated carbocycles. The fourth-order valence-corrected chi connectivity index (χ4v) is 3.67. The van der Waals surface area contributed by atoms with Gasteiger partial charge in [-0.1, -0.05) is 50.1 Å². The minimum absolute atomic E-state index is 0.0424. The van der Waals surface area contributed by atoms with E-state index < -0.39 is 0 Å². The molecule has 1 heterocycles. The molecule has 3 rings (SSSR count). The van der Waals surface area contributed by atoms with Crippen molar-refractivity contribution in [2.24, 2.45) is 5.92 Å². The van der Waals surface area contributed by atoms with Gasteiger partial charge in [0.05, 0.1) is 6.61 Å². The fourth-order valence-electron chi connectivity index (χ4n) is 3.67. The van der Waals surface area contributed by atoms with E-state index in [4.69, 9.17) is 14.2 Å². The van der Waals surface area contributed by atoms with Crippen LogP contribution < -0.4 is 0 Å². The number of hydrogen-bond acceptors (Lipinski definition) is 3. The predicted molar refractivity (Wildman–Crippen MR) is 90.9 cm³/mol. The molecule has 0 radical (unpaired) electrons. The summed E-state index contributed by atoms with van der Waals surface area (Å²) in [4.78, 5) is 0. The first-order valence-corrected chi connectivity index (χ1v) is 9.26. The molecule has 23 heavy (non-hydrogen) atoms. The Morgan fingerprint density at radius 3 is 2.70 bits per heavy atom. The molecule has 0 amide bonds. The van der Waals surface area contributed by atoms with Gasteiger partial charge in [-0.2, -0.15) is 0 Å². The Hall–Kier alpha value is -0.900. The molecule has 1 saturated heterocycles. The average molecular weight is 318 g/mol. The molecule has 2 fully saturated rings. The fraction of sp³-hybridized carbons (Fsp3) is 0.700. The first-order chi connectivity index (χ1) is 11.3. The van der Waals surface area contributed by atoms with Crippen molar-refractivity contribution >= 4 is 0 Å². The summed E-state index contributed by atoms with van der Waals surface area (Å²) in [6.07, 6.45) is 9.40. The molecule has 1 aliphatic carbocycles. The van der Waals surface area contributed by atoms with E-state index >= 15 is 0 Å². The standard InChI is InChI=1S/C20H30O3/c1-17-10-7-8-14-20(17)22-19(23-20)13-6-3-9-15-21-16-18-11-4-2-5-12-18/h2,4-5,11-12,17,19H,3,6-10,13-16H2,1H3. The normalized spacial score (nSPS) is 30.3. The lowest BCUT2D eigenvalue weighted by molar-refractivity contribution is -0.474. The summed E-state index contributed by atoms with van der Waals surface area (Å²) in [6.45, 7) is 3.82. The van der Waals surface area contributed by atoms with Crippen molar-refractivity contribution < 1.29 is 14.2 Å². The van der Waals surface area contributed by atoms with Gasteiger partial charge in [-0.25, -0.2) is 0 Å². The maximum atomic E-state index is 6.11. The smallest absolute Gasteiger partial charge is 0.177 e. The summed E-state index contributed by atoms with van der Waals surface area (Å²) in [5.41, 5.74) is 1.25. The molecule has 1 aromatic carbocycles. The Bertz CT molecular complexity index is 453. The minimum atomic E-state index is -0.221. The van der Waals surface area contributed by atoms with Gasteiger partial charge in [0.15, 0.2) is 12.1 Å². The van der Waals surface area contributed by atoms with Crippen LogP contribution in [0.3, 0.4) is 0 Å². The van der Waals surface area contributed by atoms with Gasteiger partial charge in [-0.3, -0.25) is 0 Å². The van der Waals surface area contributed by atoms with E-state index in [2.05, 4.69) is 31.2 Å². The molecule has 1 spiro atoms. The van der Waals surface area contributed by atoms with Gasteiger partial charge >= 0.3 is 0 Å². The van der Waals surface area contributed by atoms with Crippen LogP contribution in [0.25, 0.3) is 0 Å². The molecule has 0 N–H and O–H groups in total. The van der Waals surface area contributed by atoms with E-state index in [0.29, 0.717) is 5.92 Å². The number of benzene rings is 1. The predicted octanol–water partition coefficient (Wildman–Crippen LogP) is 5.04. The van der Waals surface area contributed by atoms with Crippen molar-refractivity contribution in [1.29, 1.82) is 0 Å². The summed E-state index contributed by atoms with van der Waals surface area (Å²) >= 11 is 0. The Balaban J connectivity index is 1.19. The second-order valence-electron chi connectivity index (χ2n) is 7.01. The highest BCUT2D eigenvalue weighted by molar-refractivity contribution is 5.13. The Labute approximate surface area is 140 Å². The van der Waals surface area contributed by atoms with E-state index in [1.165, 1.54) is 31.2 Å². The zero-order valence-electron chi connectivity index (χ0n) is 14.3. The first-order valence-electron chi connectivity index (χ1n) is 9.26. The molecular weight excluding hydrogens is 288 g/mol. The van der Waals surface area contributed by atoms with Crippen molar-refractivity contribution in [2.75, 3.05) is 6.61 Å². The number of hydrogen-bond donors (Lipinski definition) is 0. The Morgan fingerprint density at radius 2 is 1.91 bits per heavy atom.